The van der Waals surface area contributed by atoms with Crippen LogP contribution >= 0.6 is 0 Å². The highest BCUT2D eigenvalue weighted by atomic mass is 32.2. The van der Waals surface area contributed by atoms with Crippen molar-refractivity contribution >= 4 is 10.0 Å². The lowest BCUT2D eigenvalue weighted by molar-refractivity contribution is 0.394. The largest absolute Gasteiger partial charge is 0.243 e. The Hall–Kier alpha value is -2.30. The molecule has 0 atom stereocenters. The molecule has 0 spiro atoms. The van der Waals surface area contributed by atoms with Crippen molar-refractivity contribution in [3.63, 3.8) is 0 Å². The first kappa shape index (κ1) is 20.0. The van der Waals surface area contributed by atoms with Crippen molar-refractivity contribution in [1.29, 1.82) is 5.26 Å². The number of sulfonamides is 1. The van der Waals surface area contributed by atoms with Gasteiger partial charge in [0.25, 0.3) is 0 Å². The second kappa shape index (κ2) is 8.88. The molecule has 7 heteroatoms. The van der Waals surface area contributed by atoms with Crippen LogP contribution in [0, 0.1) is 23.0 Å². The van der Waals surface area contributed by atoms with Gasteiger partial charge in [0, 0.05) is 13.1 Å². The molecule has 0 unspecified atom stereocenters. The van der Waals surface area contributed by atoms with Crippen molar-refractivity contribution in [2.75, 3.05) is 6.54 Å². The topological polar surface area (TPSA) is 61.2 Å². The Balaban J connectivity index is 2.35. The number of nitriles is 1. The van der Waals surface area contributed by atoms with Crippen LogP contribution in [0.2, 0.25) is 0 Å². The monoisotopic (exact) mass is 378 g/mol. The molecule has 0 aliphatic rings. The zero-order chi connectivity index (χ0) is 19.2. The van der Waals surface area contributed by atoms with E-state index >= 15 is 0 Å². The van der Waals surface area contributed by atoms with Gasteiger partial charge in [0.2, 0.25) is 10.0 Å². The number of unbranched alkanes of at least 4 members (excludes halogenated alkanes) is 2. The van der Waals surface area contributed by atoms with Crippen molar-refractivity contribution in [3.8, 4) is 6.07 Å². The van der Waals surface area contributed by atoms with E-state index in [0.717, 1.165) is 31.0 Å². The lowest BCUT2D eigenvalue weighted by Crippen LogP contribution is -2.31. The second-order valence-corrected chi connectivity index (χ2v) is 7.86. The quantitative estimate of drug-likeness (QED) is 0.646. The summed E-state index contributed by atoms with van der Waals surface area (Å²) in [5.74, 6) is -1.16. The standard InChI is InChI=1S/C19H20F2N2O2S/c1-2-3-4-11-23(14-15-5-7-17(20)8-6-15)26(24,25)18-9-10-19(21)16(12-18)13-22/h5-10,12H,2-4,11,14H2,1H3. The van der Waals surface area contributed by atoms with Crippen LogP contribution in [0.5, 0.6) is 0 Å². The normalized spacial score (nSPS) is 11.5. The first-order valence-electron chi connectivity index (χ1n) is 8.32. The van der Waals surface area contributed by atoms with Gasteiger partial charge in [-0.05, 0) is 42.3 Å². The van der Waals surface area contributed by atoms with Crippen LogP contribution in [-0.2, 0) is 16.6 Å². The summed E-state index contributed by atoms with van der Waals surface area (Å²) in [6.07, 6.45) is 2.46. The lowest BCUT2D eigenvalue weighted by atomic mass is 10.2. The summed E-state index contributed by atoms with van der Waals surface area (Å²) in [7, 11) is -3.92. The van der Waals surface area contributed by atoms with Gasteiger partial charge in [-0.1, -0.05) is 31.9 Å². The second-order valence-electron chi connectivity index (χ2n) is 5.93. The van der Waals surface area contributed by atoms with Crippen molar-refractivity contribution in [3.05, 3.63) is 65.2 Å². The number of hydrogen-bond donors (Lipinski definition) is 0. The van der Waals surface area contributed by atoms with E-state index in [1.165, 1.54) is 28.6 Å². The fourth-order valence-corrected chi connectivity index (χ4v) is 4.01. The first-order valence-corrected chi connectivity index (χ1v) is 9.76. The van der Waals surface area contributed by atoms with Crippen molar-refractivity contribution < 1.29 is 17.2 Å². The third-order valence-corrected chi connectivity index (χ3v) is 5.82. The maximum Gasteiger partial charge on any atom is 0.243 e. The number of benzene rings is 2. The Morgan fingerprint density at radius 3 is 2.38 bits per heavy atom. The van der Waals surface area contributed by atoms with Gasteiger partial charge >= 0.3 is 0 Å². The number of rotatable bonds is 8. The van der Waals surface area contributed by atoms with E-state index in [0.29, 0.717) is 12.0 Å². The van der Waals surface area contributed by atoms with Gasteiger partial charge in [0.05, 0.1) is 10.5 Å². The summed E-state index contributed by atoms with van der Waals surface area (Å²) >= 11 is 0. The Labute approximate surface area is 152 Å². The van der Waals surface area contributed by atoms with Crippen LogP contribution < -0.4 is 0 Å². The zero-order valence-electron chi connectivity index (χ0n) is 14.5. The highest BCUT2D eigenvalue weighted by Crippen LogP contribution is 2.22. The summed E-state index contributed by atoms with van der Waals surface area (Å²) in [5.41, 5.74) is 0.329. The number of hydrogen-bond acceptors (Lipinski definition) is 3. The summed E-state index contributed by atoms with van der Waals surface area (Å²) < 4.78 is 53.9. The van der Waals surface area contributed by atoms with Crippen LogP contribution in [0.15, 0.2) is 47.4 Å². The Bertz CT molecular complexity index is 891. The van der Waals surface area contributed by atoms with Gasteiger partial charge in [0.1, 0.15) is 17.7 Å². The average molecular weight is 378 g/mol. The van der Waals surface area contributed by atoms with Gasteiger partial charge in [-0.15, -0.1) is 0 Å². The molecule has 0 aliphatic carbocycles. The summed E-state index contributed by atoms with van der Waals surface area (Å²) in [6, 6.07) is 10.4. The molecule has 0 N–H and O–H groups in total. The minimum absolute atomic E-state index is 0.0750. The SMILES string of the molecule is CCCCCN(Cc1ccc(F)cc1)S(=O)(=O)c1ccc(F)c(C#N)c1. The molecule has 0 aromatic heterocycles. The fraction of sp³-hybridized carbons (Fsp3) is 0.316. The predicted octanol–water partition coefficient (Wildman–Crippen LogP) is 4.22. The third kappa shape index (κ3) is 4.87. The molecular weight excluding hydrogens is 358 g/mol. The molecule has 4 nitrogen and oxygen atoms in total. The van der Waals surface area contributed by atoms with Crippen LogP contribution in [0.3, 0.4) is 0 Å². The van der Waals surface area contributed by atoms with E-state index in [9.17, 15) is 17.2 Å². The smallest absolute Gasteiger partial charge is 0.207 e. The first-order chi connectivity index (χ1) is 12.4. The van der Waals surface area contributed by atoms with Crippen molar-refractivity contribution in [2.45, 2.75) is 37.6 Å². The van der Waals surface area contributed by atoms with Crippen molar-refractivity contribution in [2.24, 2.45) is 0 Å². The molecule has 0 bridgehead atoms. The maximum atomic E-state index is 13.5. The Kier molecular flexibility index (Phi) is 6.83. The maximum absolute atomic E-state index is 13.5. The molecule has 0 amide bonds. The summed E-state index contributed by atoms with van der Waals surface area (Å²) in [4.78, 5) is -0.130. The van der Waals surface area contributed by atoms with Gasteiger partial charge in [0.15, 0.2) is 0 Å². The van der Waals surface area contributed by atoms with E-state index in [-0.39, 0.29) is 23.5 Å². The summed E-state index contributed by atoms with van der Waals surface area (Å²) in [5, 5.41) is 8.95. The van der Waals surface area contributed by atoms with E-state index in [1.54, 1.807) is 6.07 Å². The molecular formula is C19H20F2N2O2S. The van der Waals surface area contributed by atoms with Gasteiger partial charge in [-0.3, -0.25) is 0 Å². The Morgan fingerprint density at radius 1 is 1.08 bits per heavy atom. The molecule has 0 aliphatic heterocycles. The molecule has 138 valence electrons. The van der Waals surface area contributed by atoms with E-state index in [2.05, 4.69) is 0 Å². The van der Waals surface area contributed by atoms with Crippen LogP contribution in [0.4, 0.5) is 8.78 Å². The molecule has 0 fully saturated rings. The van der Waals surface area contributed by atoms with E-state index < -0.39 is 21.7 Å². The molecule has 26 heavy (non-hydrogen) atoms. The molecule has 2 aromatic rings. The fourth-order valence-electron chi connectivity index (χ4n) is 2.52. The van der Waals surface area contributed by atoms with E-state index in [1.807, 2.05) is 6.92 Å². The zero-order valence-corrected chi connectivity index (χ0v) is 15.3. The highest BCUT2D eigenvalue weighted by molar-refractivity contribution is 7.89. The minimum Gasteiger partial charge on any atom is -0.207 e. The molecule has 2 aromatic carbocycles. The lowest BCUT2D eigenvalue weighted by Gasteiger charge is -2.22. The molecule has 0 radical (unpaired) electrons. The number of nitrogens with zero attached hydrogens (tertiary/aromatic N) is 2. The molecule has 0 heterocycles. The summed E-state index contributed by atoms with van der Waals surface area (Å²) in [6.45, 7) is 2.37. The number of halogens is 2. The predicted molar refractivity (Wildman–Crippen MR) is 94.6 cm³/mol. The van der Waals surface area contributed by atoms with Gasteiger partial charge in [-0.2, -0.15) is 9.57 Å². The molecule has 0 saturated heterocycles. The Morgan fingerprint density at radius 2 is 1.77 bits per heavy atom. The van der Waals surface area contributed by atoms with Crippen LogP contribution in [0.1, 0.15) is 37.3 Å². The van der Waals surface area contributed by atoms with Crippen molar-refractivity contribution in [1.82, 2.24) is 4.31 Å². The van der Waals surface area contributed by atoms with Gasteiger partial charge < -0.3 is 0 Å². The van der Waals surface area contributed by atoms with Crippen LogP contribution in [0.25, 0.3) is 0 Å². The van der Waals surface area contributed by atoms with Crippen LogP contribution in [-0.4, -0.2) is 19.3 Å². The van der Waals surface area contributed by atoms with E-state index in [4.69, 9.17) is 5.26 Å². The van der Waals surface area contributed by atoms with Gasteiger partial charge in [-0.25, -0.2) is 17.2 Å². The third-order valence-electron chi connectivity index (χ3n) is 3.98. The average Bonchev–Trinajstić information content (AvgIpc) is 2.63. The highest BCUT2D eigenvalue weighted by Gasteiger charge is 2.25. The molecule has 0 saturated carbocycles. The minimum atomic E-state index is -3.92. The molecule has 2 rings (SSSR count).